The standard InChI is InChI=1S/C16H26O2/c1-10(2)16(17,11(3)4)14-8-12(5)15(18-7)13(6)9-14/h8-11,17H,1-7H3. The van der Waals surface area contributed by atoms with Gasteiger partial charge in [-0.3, -0.25) is 0 Å². The lowest BCUT2D eigenvalue weighted by Crippen LogP contribution is -2.37. The first-order chi connectivity index (χ1) is 8.25. The number of aryl methyl sites for hydroxylation is 2. The van der Waals surface area contributed by atoms with Crippen molar-refractivity contribution in [3.63, 3.8) is 0 Å². The first kappa shape index (κ1) is 15.0. The third-order valence-corrected chi connectivity index (χ3v) is 3.89. The Morgan fingerprint density at radius 1 is 1.00 bits per heavy atom. The van der Waals surface area contributed by atoms with Gasteiger partial charge in [-0.05, 0) is 54.5 Å². The van der Waals surface area contributed by atoms with Gasteiger partial charge in [-0.15, -0.1) is 0 Å². The molecule has 0 heterocycles. The van der Waals surface area contributed by atoms with Crippen molar-refractivity contribution in [2.45, 2.75) is 47.1 Å². The molecule has 2 nitrogen and oxygen atoms in total. The molecule has 0 aliphatic heterocycles. The molecule has 0 aliphatic carbocycles. The minimum Gasteiger partial charge on any atom is -0.496 e. The van der Waals surface area contributed by atoms with E-state index in [4.69, 9.17) is 4.74 Å². The fourth-order valence-electron chi connectivity index (χ4n) is 2.84. The second-order valence-electron chi connectivity index (χ2n) is 5.78. The molecule has 102 valence electrons. The first-order valence-electron chi connectivity index (χ1n) is 6.63. The summed E-state index contributed by atoms with van der Waals surface area (Å²) in [5, 5.41) is 11.0. The molecule has 0 aliphatic rings. The van der Waals surface area contributed by atoms with Gasteiger partial charge in [-0.2, -0.15) is 0 Å². The smallest absolute Gasteiger partial charge is 0.124 e. The van der Waals surface area contributed by atoms with Crippen molar-refractivity contribution in [3.8, 4) is 5.75 Å². The molecule has 0 atom stereocenters. The van der Waals surface area contributed by atoms with Gasteiger partial charge in [-0.1, -0.05) is 27.7 Å². The van der Waals surface area contributed by atoms with Crippen molar-refractivity contribution in [3.05, 3.63) is 28.8 Å². The van der Waals surface area contributed by atoms with Crippen LogP contribution in [-0.2, 0) is 5.60 Å². The van der Waals surface area contributed by atoms with Crippen LogP contribution in [0.1, 0.15) is 44.4 Å². The van der Waals surface area contributed by atoms with Crippen LogP contribution in [0.2, 0.25) is 0 Å². The van der Waals surface area contributed by atoms with Crippen molar-refractivity contribution in [1.29, 1.82) is 0 Å². The third-order valence-electron chi connectivity index (χ3n) is 3.89. The quantitative estimate of drug-likeness (QED) is 0.880. The number of rotatable bonds is 4. The molecule has 0 unspecified atom stereocenters. The van der Waals surface area contributed by atoms with Gasteiger partial charge in [0.05, 0.1) is 12.7 Å². The lowest BCUT2D eigenvalue weighted by atomic mass is 9.74. The fourth-order valence-corrected chi connectivity index (χ4v) is 2.84. The summed E-state index contributed by atoms with van der Waals surface area (Å²) >= 11 is 0. The van der Waals surface area contributed by atoms with Gasteiger partial charge in [0, 0.05) is 0 Å². The zero-order valence-corrected chi connectivity index (χ0v) is 12.7. The summed E-state index contributed by atoms with van der Waals surface area (Å²) in [5.74, 6) is 1.25. The second kappa shape index (κ2) is 5.31. The highest BCUT2D eigenvalue weighted by Gasteiger charge is 2.37. The van der Waals surface area contributed by atoms with Crippen LogP contribution in [0.4, 0.5) is 0 Å². The van der Waals surface area contributed by atoms with Crippen LogP contribution in [0, 0.1) is 25.7 Å². The van der Waals surface area contributed by atoms with Crippen LogP contribution in [0.5, 0.6) is 5.75 Å². The molecule has 0 saturated carbocycles. The summed E-state index contributed by atoms with van der Waals surface area (Å²) in [7, 11) is 1.69. The summed E-state index contributed by atoms with van der Waals surface area (Å²) in [6.07, 6.45) is 0. The summed E-state index contributed by atoms with van der Waals surface area (Å²) in [6.45, 7) is 12.3. The number of hydrogen-bond donors (Lipinski definition) is 1. The Labute approximate surface area is 111 Å². The third kappa shape index (κ3) is 2.39. The van der Waals surface area contributed by atoms with Crippen LogP contribution >= 0.6 is 0 Å². The molecule has 0 saturated heterocycles. The minimum atomic E-state index is -0.790. The molecule has 1 rings (SSSR count). The molecule has 0 amide bonds. The molecule has 0 aromatic heterocycles. The van der Waals surface area contributed by atoms with Crippen LogP contribution in [-0.4, -0.2) is 12.2 Å². The van der Waals surface area contributed by atoms with Crippen molar-refractivity contribution in [2.24, 2.45) is 11.8 Å². The van der Waals surface area contributed by atoms with E-state index in [1.54, 1.807) is 7.11 Å². The normalized spacial score (nSPS) is 12.3. The molecule has 1 aromatic carbocycles. The Balaban J connectivity index is 3.41. The molecule has 0 radical (unpaired) electrons. The lowest BCUT2D eigenvalue weighted by molar-refractivity contribution is -0.0532. The van der Waals surface area contributed by atoms with Crippen LogP contribution in [0.15, 0.2) is 12.1 Å². The number of methoxy groups -OCH3 is 1. The van der Waals surface area contributed by atoms with Gasteiger partial charge in [-0.25, -0.2) is 0 Å². The largest absolute Gasteiger partial charge is 0.496 e. The highest BCUT2D eigenvalue weighted by atomic mass is 16.5. The van der Waals surface area contributed by atoms with Gasteiger partial charge in [0.2, 0.25) is 0 Å². The predicted octanol–water partition coefficient (Wildman–Crippen LogP) is 3.81. The summed E-state index contributed by atoms with van der Waals surface area (Å²) in [4.78, 5) is 0. The maximum Gasteiger partial charge on any atom is 0.124 e. The zero-order valence-electron chi connectivity index (χ0n) is 12.7. The molecular formula is C16H26O2. The molecular weight excluding hydrogens is 224 g/mol. The van der Waals surface area contributed by atoms with Crippen molar-refractivity contribution in [2.75, 3.05) is 7.11 Å². The summed E-state index contributed by atoms with van der Waals surface area (Å²) in [6, 6.07) is 4.09. The predicted molar refractivity (Wildman–Crippen MR) is 76.0 cm³/mol. The maximum atomic E-state index is 11.0. The Bertz CT molecular complexity index is 388. The first-order valence-corrected chi connectivity index (χ1v) is 6.63. The van der Waals surface area contributed by atoms with E-state index < -0.39 is 5.60 Å². The molecule has 0 spiro atoms. The van der Waals surface area contributed by atoms with E-state index in [1.165, 1.54) is 0 Å². The van der Waals surface area contributed by atoms with Gasteiger partial charge in [0.15, 0.2) is 0 Å². The Hall–Kier alpha value is -1.02. The minimum absolute atomic E-state index is 0.171. The van der Waals surface area contributed by atoms with Crippen LogP contribution < -0.4 is 4.74 Å². The van der Waals surface area contributed by atoms with E-state index in [2.05, 4.69) is 27.7 Å². The van der Waals surface area contributed by atoms with Gasteiger partial charge in [0.1, 0.15) is 5.75 Å². The zero-order chi connectivity index (χ0) is 14.1. The second-order valence-corrected chi connectivity index (χ2v) is 5.78. The molecule has 1 aromatic rings. The van der Waals surface area contributed by atoms with E-state index in [-0.39, 0.29) is 11.8 Å². The van der Waals surface area contributed by atoms with Crippen LogP contribution in [0.25, 0.3) is 0 Å². The van der Waals surface area contributed by atoms with Crippen molar-refractivity contribution >= 4 is 0 Å². The molecule has 2 heteroatoms. The van der Waals surface area contributed by atoms with Crippen molar-refractivity contribution < 1.29 is 9.84 Å². The Morgan fingerprint density at radius 2 is 1.39 bits per heavy atom. The SMILES string of the molecule is COc1c(C)cc(C(O)(C(C)C)C(C)C)cc1C. The summed E-state index contributed by atoms with van der Waals surface area (Å²) < 4.78 is 5.38. The van der Waals surface area contributed by atoms with Gasteiger partial charge >= 0.3 is 0 Å². The molecule has 0 bridgehead atoms. The Morgan fingerprint density at radius 3 is 1.67 bits per heavy atom. The monoisotopic (exact) mass is 250 g/mol. The average molecular weight is 250 g/mol. The van der Waals surface area contributed by atoms with Gasteiger partial charge in [0.25, 0.3) is 0 Å². The highest BCUT2D eigenvalue weighted by Crippen LogP contribution is 2.39. The maximum absolute atomic E-state index is 11.0. The fraction of sp³-hybridized carbons (Fsp3) is 0.625. The van der Waals surface area contributed by atoms with E-state index in [0.29, 0.717) is 0 Å². The Kier molecular flexibility index (Phi) is 4.44. The topological polar surface area (TPSA) is 29.5 Å². The van der Waals surface area contributed by atoms with Crippen molar-refractivity contribution in [1.82, 2.24) is 0 Å². The van der Waals surface area contributed by atoms with Gasteiger partial charge < -0.3 is 9.84 Å². The molecule has 0 fully saturated rings. The van der Waals surface area contributed by atoms with E-state index in [9.17, 15) is 5.11 Å². The number of aliphatic hydroxyl groups is 1. The molecule has 18 heavy (non-hydrogen) atoms. The lowest BCUT2D eigenvalue weighted by Gasteiger charge is -2.37. The highest BCUT2D eigenvalue weighted by molar-refractivity contribution is 5.45. The van der Waals surface area contributed by atoms with E-state index >= 15 is 0 Å². The summed E-state index contributed by atoms with van der Waals surface area (Å²) in [5.41, 5.74) is 2.35. The molecule has 1 N–H and O–H groups in total. The number of hydrogen-bond acceptors (Lipinski definition) is 2. The van der Waals surface area contributed by atoms with E-state index in [1.807, 2.05) is 26.0 Å². The van der Waals surface area contributed by atoms with E-state index in [0.717, 1.165) is 22.4 Å². The van der Waals surface area contributed by atoms with Crippen LogP contribution in [0.3, 0.4) is 0 Å². The average Bonchev–Trinajstić information content (AvgIpc) is 2.26. The number of benzene rings is 1. The number of ether oxygens (including phenoxy) is 1.